The number of halogens is 1. The van der Waals surface area contributed by atoms with Gasteiger partial charge < -0.3 is 15.7 Å². The molecule has 0 radical (unpaired) electrons. The first kappa shape index (κ1) is 10.2. The van der Waals surface area contributed by atoms with Gasteiger partial charge in [0.05, 0.1) is 11.9 Å². The van der Waals surface area contributed by atoms with Crippen molar-refractivity contribution in [1.82, 2.24) is 4.98 Å². The van der Waals surface area contributed by atoms with Crippen molar-refractivity contribution in [2.24, 2.45) is 0 Å². The zero-order valence-corrected chi connectivity index (χ0v) is 8.31. The van der Waals surface area contributed by atoms with Crippen LogP contribution in [0.2, 0.25) is 0 Å². The van der Waals surface area contributed by atoms with Crippen molar-refractivity contribution in [2.75, 3.05) is 23.7 Å². The molecule has 0 aliphatic carbocycles. The first-order valence-corrected chi connectivity index (χ1v) is 4.95. The van der Waals surface area contributed by atoms with E-state index >= 15 is 0 Å². The molecular formula is C10H14FN3O. The number of aliphatic hydroxyl groups excluding tert-OH is 1. The molecule has 0 aromatic carbocycles. The van der Waals surface area contributed by atoms with Crippen LogP contribution in [0, 0.1) is 0 Å². The van der Waals surface area contributed by atoms with Gasteiger partial charge in [-0.2, -0.15) is 0 Å². The van der Waals surface area contributed by atoms with E-state index in [4.69, 9.17) is 5.73 Å². The molecule has 3 N–H and O–H groups in total. The number of pyridine rings is 1. The third kappa shape index (κ3) is 2.18. The predicted octanol–water partition coefficient (Wildman–Crippen LogP) is 0.573. The SMILES string of the molecule is Nc1ccc(N2CC[C@H](F)[C@H](O)C2)cn1. The van der Waals surface area contributed by atoms with E-state index in [1.54, 1.807) is 12.3 Å². The lowest BCUT2D eigenvalue weighted by Gasteiger charge is -2.33. The highest BCUT2D eigenvalue weighted by Crippen LogP contribution is 2.21. The molecule has 0 amide bonds. The number of aliphatic hydroxyl groups is 1. The largest absolute Gasteiger partial charge is 0.388 e. The molecule has 5 heteroatoms. The van der Waals surface area contributed by atoms with Crippen LogP contribution in [0.15, 0.2) is 18.3 Å². The Bertz CT molecular complexity index is 330. The number of hydrogen-bond donors (Lipinski definition) is 2. The average molecular weight is 211 g/mol. The molecule has 2 heterocycles. The standard InChI is InChI=1S/C10H14FN3O/c11-8-3-4-14(6-9(8)15)7-1-2-10(12)13-5-7/h1-2,5,8-9,15H,3-4,6H2,(H2,12,13)/t8-,9+/m0/s1. The minimum Gasteiger partial charge on any atom is -0.388 e. The van der Waals surface area contributed by atoms with E-state index in [9.17, 15) is 9.50 Å². The molecule has 1 saturated heterocycles. The van der Waals surface area contributed by atoms with E-state index in [0.29, 0.717) is 25.3 Å². The first-order chi connectivity index (χ1) is 7.16. The average Bonchev–Trinajstić information content (AvgIpc) is 2.23. The Balaban J connectivity index is 2.08. The highest BCUT2D eigenvalue weighted by molar-refractivity contribution is 5.48. The second kappa shape index (κ2) is 4.02. The van der Waals surface area contributed by atoms with Crippen molar-refractivity contribution in [1.29, 1.82) is 0 Å². The van der Waals surface area contributed by atoms with Crippen molar-refractivity contribution < 1.29 is 9.50 Å². The zero-order valence-electron chi connectivity index (χ0n) is 8.31. The third-order valence-corrected chi connectivity index (χ3v) is 2.64. The molecule has 4 nitrogen and oxygen atoms in total. The van der Waals surface area contributed by atoms with Crippen LogP contribution >= 0.6 is 0 Å². The summed E-state index contributed by atoms with van der Waals surface area (Å²) in [6.07, 6.45) is -0.0223. The van der Waals surface area contributed by atoms with Crippen molar-refractivity contribution in [2.45, 2.75) is 18.7 Å². The fourth-order valence-corrected chi connectivity index (χ4v) is 1.72. The molecule has 0 bridgehead atoms. The summed E-state index contributed by atoms with van der Waals surface area (Å²) in [6.45, 7) is 0.913. The minimum absolute atomic E-state index is 0.312. The van der Waals surface area contributed by atoms with Gasteiger partial charge in [0.1, 0.15) is 18.1 Å². The van der Waals surface area contributed by atoms with Crippen molar-refractivity contribution in [3.8, 4) is 0 Å². The Morgan fingerprint density at radius 1 is 1.53 bits per heavy atom. The molecule has 2 rings (SSSR count). The van der Waals surface area contributed by atoms with Crippen LogP contribution in [0.25, 0.3) is 0 Å². The van der Waals surface area contributed by atoms with Crippen LogP contribution in [0.3, 0.4) is 0 Å². The number of alkyl halides is 1. The maximum absolute atomic E-state index is 13.0. The van der Waals surface area contributed by atoms with Crippen LogP contribution in [-0.4, -0.2) is 35.5 Å². The molecule has 1 aliphatic heterocycles. The molecule has 1 aromatic rings. The lowest BCUT2D eigenvalue weighted by atomic mass is 10.1. The number of aromatic nitrogens is 1. The molecule has 1 fully saturated rings. The van der Waals surface area contributed by atoms with Crippen LogP contribution in [0.4, 0.5) is 15.9 Å². The Morgan fingerprint density at radius 2 is 2.33 bits per heavy atom. The number of nitrogen functional groups attached to an aromatic ring is 1. The van der Waals surface area contributed by atoms with Gasteiger partial charge in [-0.05, 0) is 18.6 Å². The lowest BCUT2D eigenvalue weighted by molar-refractivity contribution is 0.0645. The van der Waals surface area contributed by atoms with Gasteiger partial charge in [0.25, 0.3) is 0 Å². The van der Waals surface area contributed by atoms with Crippen molar-refractivity contribution >= 4 is 11.5 Å². The van der Waals surface area contributed by atoms with Crippen LogP contribution in [0.5, 0.6) is 0 Å². The summed E-state index contributed by atoms with van der Waals surface area (Å²) in [5.41, 5.74) is 6.34. The summed E-state index contributed by atoms with van der Waals surface area (Å²) in [7, 11) is 0. The number of anilines is 2. The van der Waals surface area contributed by atoms with E-state index in [1.165, 1.54) is 0 Å². The van der Waals surface area contributed by atoms with Crippen LogP contribution < -0.4 is 10.6 Å². The van der Waals surface area contributed by atoms with Gasteiger partial charge in [-0.15, -0.1) is 0 Å². The number of β-amino-alcohol motifs (C(OH)–C–C–N with tert-alkyl or cyclic N) is 1. The van der Waals surface area contributed by atoms with Crippen molar-refractivity contribution in [3.05, 3.63) is 18.3 Å². The molecule has 1 aromatic heterocycles. The van der Waals surface area contributed by atoms with E-state index in [1.807, 2.05) is 11.0 Å². The Hall–Kier alpha value is -1.36. The van der Waals surface area contributed by atoms with Crippen LogP contribution in [0.1, 0.15) is 6.42 Å². The van der Waals surface area contributed by atoms with Gasteiger partial charge >= 0.3 is 0 Å². The normalized spacial score (nSPS) is 26.7. The minimum atomic E-state index is -1.11. The smallest absolute Gasteiger partial charge is 0.129 e. The maximum atomic E-state index is 13.0. The van der Waals surface area contributed by atoms with Gasteiger partial charge in [0.15, 0.2) is 0 Å². The van der Waals surface area contributed by atoms with E-state index < -0.39 is 12.3 Å². The Labute approximate surface area is 87.5 Å². The van der Waals surface area contributed by atoms with Gasteiger partial charge in [0, 0.05) is 13.1 Å². The number of rotatable bonds is 1. The van der Waals surface area contributed by atoms with Gasteiger partial charge in [-0.25, -0.2) is 9.37 Å². The fourth-order valence-electron chi connectivity index (χ4n) is 1.72. The highest BCUT2D eigenvalue weighted by Gasteiger charge is 2.27. The van der Waals surface area contributed by atoms with E-state index in [2.05, 4.69) is 4.98 Å². The van der Waals surface area contributed by atoms with Crippen LogP contribution in [-0.2, 0) is 0 Å². The number of hydrogen-bond acceptors (Lipinski definition) is 4. The summed E-state index contributed by atoms with van der Waals surface area (Å²) in [5.74, 6) is 0.458. The van der Waals surface area contributed by atoms with E-state index in [0.717, 1.165) is 5.69 Å². The van der Waals surface area contributed by atoms with Gasteiger partial charge in [-0.3, -0.25) is 0 Å². The third-order valence-electron chi connectivity index (χ3n) is 2.64. The molecule has 2 atom stereocenters. The monoisotopic (exact) mass is 211 g/mol. The quantitative estimate of drug-likeness (QED) is 0.713. The second-order valence-electron chi connectivity index (χ2n) is 3.76. The van der Waals surface area contributed by atoms with E-state index in [-0.39, 0.29) is 0 Å². The molecule has 1 aliphatic rings. The highest BCUT2D eigenvalue weighted by atomic mass is 19.1. The summed E-state index contributed by atoms with van der Waals surface area (Å²) in [5, 5.41) is 9.40. The van der Waals surface area contributed by atoms with Crippen molar-refractivity contribution in [3.63, 3.8) is 0 Å². The molecular weight excluding hydrogens is 197 g/mol. The Kier molecular flexibility index (Phi) is 2.73. The Morgan fingerprint density at radius 3 is 2.93 bits per heavy atom. The summed E-state index contributed by atoms with van der Waals surface area (Å²) in [4.78, 5) is 5.87. The summed E-state index contributed by atoms with van der Waals surface area (Å²) < 4.78 is 13.0. The molecule has 0 unspecified atom stereocenters. The number of nitrogens with two attached hydrogens (primary N) is 1. The topological polar surface area (TPSA) is 62.4 Å². The zero-order chi connectivity index (χ0) is 10.8. The second-order valence-corrected chi connectivity index (χ2v) is 3.76. The summed E-state index contributed by atoms with van der Waals surface area (Å²) in [6, 6.07) is 3.52. The maximum Gasteiger partial charge on any atom is 0.129 e. The number of nitrogens with zero attached hydrogens (tertiary/aromatic N) is 2. The number of piperidine rings is 1. The molecule has 15 heavy (non-hydrogen) atoms. The predicted molar refractivity (Wildman–Crippen MR) is 56.4 cm³/mol. The molecule has 0 saturated carbocycles. The molecule has 82 valence electrons. The molecule has 0 spiro atoms. The summed E-state index contributed by atoms with van der Waals surface area (Å²) >= 11 is 0. The fraction of sp³-hybridized carbons (Fsp3) is 0.500. The lowest BCUT2D eigenvalue weighted by Crippen LogP contribution is -2.45. The van der Waals surface area contributed by atoms with Gasteiger partial charge in [0.2, 0.25) is 0 Å². The first-order valence-electron chi connectivity index (χ1n) is 4.95. The van der Waals surface area contributed by atoms with Gasteiger partial charge in [-0.1, -0.05) is 0 Å².